The Kier molecular flexibility index (Phi) is 1.98. The topological polar surface area (TPSA) is 81.8 Å². The molecule has 1 heterocycles. The van der Waals surface area contributed by atoms with Gasteiger partial charge in [0.1, 0.15) is 0 Å². The Labute approximate surface area is 98.1 Å². The number of fused-ring (bicyclic) bond motifs is 1. The van der Waals surface area contributed by atoms with Crippen molar-refractivity contribution in [2.45, 2.75) is 12.8 Å². The lowest BCUT2D eigenvalue weighted by molar-refractivity contribution is 0.0696. The highest BCUT2D eigenvalue weighted by atomic mass is 16.5. The Balaban J connectivity index is 2.00. The van der Waals surface area contributed by atoms with Crippen molar-refractivity contribution < 1.29 is 19.4 Å². The molecule has 1 spiro atoms. The van der Waals surface area contributed by atoms with E-state index in [1.807, 2.05) is 0 Å². The Morgan fingerprint density at radius 2 is 2.00 bits per heavy atom. The number of hydrogen-bond donors (Lipinski definition) is 2. The minimum Gasteiger partial charge on any atom is -0.489 e. The van der Waals surface area contributed by atoms with Crippen LogP contribution in [0.4, 0.5) is 5.69 Å². The molecule has 0 saturated heterocycles. The van der Waals surface area contributed by atoms with Crippen molar-refractivity contribution in [1.29, 1.82) is 0 Å². The van der Waals surface area contributed by atoms with Crippen LogP contribution >= 0.6 is 0 Å². The summed E-state index contributed by atoms with van der Waals surface area (Å²) >= 11 is 0. The van der Waals surface area contributed by atoms with Crippen molar-refractivity contribution in [1.82, 2.24) is 0 Å². The van der Waals surface area contributed by atoms with Crippen molar-refractivity contribution in [2.75, 3.05) is 18.9 Å². The van der Waals surface area contributed by atoms with E-state index in [9.17, 15) is 4.79 Å². The van der Waals surface area contributed by atoms with Crippen molar-refractivity contribution in [2.24, 2.45) is 5.41 Å². The van der Waals surface area contributed by atoms with E-state index in [0.29, 0.717) is 30.4 Å². The molecule has 1 fully saturated rings. The number of hydrogen-bond acceptors (Lipinski definition) is 4. The number of anilines is 1. The summed E-state index contributed by atoms with van der Waals surface area (Å²) in [6.45, 7) is 1.17. The number of carbonyl (C=O) groups is 1. The van der Waals surface area contributed by atoms with Gasteiger partial charge in [0.15, 0.2) is 11.5 Å². The zero-order chi connectivity index (χ0) is 12.0. The molecule has 0 atom stereocenters. The summed E-state index contributed by atoms with van der Waals surface area (Å²) in [4.78, 5) is 10.9. The van der Waals surface area contributed by atoms with E-state index in [1.165, 1.54) is 12.1 Å². The fourth-order valence-corrected chi connectivity index (χ4v) is 1.97. The highest BCUT2D eigenvalue weighted by Crippen LogP contribution is 2.50. The molecule has 0 bridgehead atoms. The summed E-state index contributed by atoms with van der Waals surface area (Å²) in [5.41, 5.74) is 6.35. The molecule has 0 amide bonds. The van der Waals surface area contributed by atoms with Crippen LogP contribution in [0.2, 0.25) is 0 Å². The van der Waals surface area contributed by atoms with Crippen LogP contribution in [0.15, 0.2) is 12.1 Å². The molecule has 3 rings (SSSR count). The number of ether oxygens (including phenoxy) is 2. The van der Waals surface area contributed by atoms with Crippen LogP contribution in [0.5, 0.6) is 11.5 Å². The molecule has 1 aromatic carbocycles. The molecule has 5 heteroatoms. The van der Waals surface area contributed by atoms with Crippen LogP contribution in [0, 0.1) is 5.41 Å². The molecule has 1 aliphatic heterocycles. The summed E-state index contributed by atoms with van der Waals surface area (Å²) in [6.07, 6.45) is 2.18. The molecule has 3 N–H and O–H groups in total. The van der Waals surface area contributed by atoms with E-state index >= 15 is 0 Å². The predicted octanol–water partition coefficient (Wildman–Crippen LogP) is 1.52. The lowest BCUT2D eigenvalue weighted by Crippen LogP contribution is -2.17. The first-order valence-corrected chi connectivity index (χ1v) is 5.52. The van der Waals surface area contributed by atoms with Gasteiger partial charge in [0.05, 0.1) is 24.5 Å². The fourth-order valence-electron chi connectivity index (χ4n) is 1.97. The van der Waals surface area contributed by atoms with Gasteiger partial charge in [-0.1, -0.05) is 0 Å². The van der Waals surface area contributed by atoms with Gasteiger partial charge in [-0.15, -0.1) is 0 Å². The van der Waals surface area contributed by atoms with Crippen LogP contribution in [0.3, 0.4) is 0 Å². The summed E-state index contributed by atoms with van der Waals surface area (Å²) in [6, 6.07) is 2.87. The highest BCUT2D eigenvalue weighted by Gasteiger charge is 2.46. The first kappa shape index (κ1) is 10.3. The van der Waals surface area contributed by atoms with Gasteiger partial charge in [-0.25, -0.2) is 4.79 Å². The van der Waals surface area contributed by atoms with Crippen molar-refractivity contribution >= 4 is 11.7 Å². The van der Waals surface area contributed by atoms with Gasteiger partial charge < -0.3 is 20.3 Å². The first-order valence-electron chi connectivity index (χ1n) is 5.52. The van der Waals surface area contributed by atoms with Gasteiger partial charge in [0.25, 0.3) is 0 Å². The number of rotatable bonds is 1. The standard InChI is InChI=1S/C12H13NO4/c13-8-3-7(11(14)15)4-9-10(8)17-6-12(1-2-12)5-16-9/h3-4H,1-2,5-6,13H2,(H,14,15). The minimum absolute atomic E-state index is 0.120. The third-order valence-corrected chi connectivity index (χ3v) is 3.34. The number of nitrogen functional groups attached to an aromatic ring is 1. The van der Waals surface area contributed by atoms with Crippen molar-refractivity contribution in [3.8, 4) is 11.5 Å². The van der Waals surface area contributed by atoms with Gasteiger partial charge in [-0.3, -0.25) is 0 Å². The zero-order valence-corrected chi connectivity index (χ0v) is 9.23. The van der Waals surface area contributed by atoms with E-state index in [-0.39, 0.29) is 11.0 Å². The van der Waals surface area contributed by atoms with E-state index < -0.39 is 5.97 Å². The summed E-state index contributed by atoms with van der Waals surface area (Å²) in [5, 5.41) is 8.94. The molecule has 1 aliphatic carbocycles. The van der Waals surface area contributed by atoms with Crippen LogP contribution in [0.25, 0.3) is 0 Å². The average Bonchev–Trinajstić information content (AvgIpc) is 3.07. The summed E-state index contributed by atoms with van der Waals surface area (Å²) in [5.74, 6) is -0.113. The maximum atomic E-state index is 10.9. The molecule has 0 radical (unpaired) electrons. The molecule has 90 valence electrons. The number of carboxylic acids is 1. The normalized spacial score (nSPS) is 19.8. The van der Waals surface area contributed by atoms with Gasteiger partial charge in [0, 0.05) is 5.41 Å². The van der Waals surface area contributed by atoms with Crippen molar-refractivity contribution in [3.05, 3.63) is 17.7 Å². The van der Waals surface area contributed by atoms with Crippen LogP contribution in [-0.2, 0) is 0 Å². The fraction of sp³-hybridized carbons (Fsp3) is 0.417. The van der Waals surface area contributed by atoms with Crippen LogP contribution < -0.4 is 15.2 Å². The van der Waals surface area contributed by atoms with Gasteiger partial charge in [0.2, 0.25) is 0 Å². The third-order valence-electron chi connectivity index (χ3n) is 3.34. The molecular weight excluding hydrogens is 222 g/mol. The smallest absolute Gasteiger partial charge is 0.335 e. The Bertz CT molecular complexity index is 494. The number of carboxylic acid groups (broad SMARTS) is 1. The van der Waals surface area contributed by atoms with E-state index in [4.69, 9.17) is 20.3 Å². The van der Waals surface area contributed by atoms with Crippen molar-refractivity contribution in [3.63, 3.8) is 0 Å². The lowest BCUT2D eigenvalue weighted by atomic mass is 10.1. The number of benzene rings is 1. The maximum Gasteiger partial charge on any atom is 0.335 e. The van der Waals surface area contributed by atoms with Gasteiger partial charge >= 0.3 is 5.97 Å². The van der Waals surface area contributed by atoms with Crippen LogP contribution in [0.1, 0.15) is 23.2 Å². The molecule has 1 saturated carbocycles. The van der Waals surface area contributed by atoms with E-state index in [0.717, 1.165) is 12.8 Å². The second kappa shape index (κ2) is 3.29. The summed E-state index contributed by atoms with van der Waals surface area (Å²) < 4.78 is 11.3. The molecule has 1 aromatic rings. The second-order valence-corrected chi connectivity index (χ2v) is 4.78. The summed E-state index contributed by atoms with van der Waals surface area (Å²) in [7, 11) is 0. The Hall–Kier alpha value is -1.91. The monoisotopic (exact) mass is 235 g/mol. The predicted molar refractivity (Wildman–Crippen MR) is 60.5 cm³/mol. The molecule has 0 aromatic heterocycles. The van der Waals surface area contributed by atoms with Crippen LogP contribution in [-0.4, -0.2) is 24.3 Å². The largest absolute Gasteiger partial charge is 0.489 e. The quantitative estimate of drug-likeness (QED) is 0.721. The zero-order valence-electron chi connectivity index (χ0n) is 9.23. The minimum atomic E-state index is -1.02. The maximum absolute atomic E-state index is 10.9. The average molecular weight is 235 g/mol. The third kappa shape index (κ3) is 1.67. The Morgan fingerprint density at radius 3 is 2.65 bits per heavy atom. The lowest BCUT2D eigenvalue weighted by Gasteiger charge is -2.10. The molecule has 2 aliphatic rings. The molecule has 5 nitrogen and oxygen atoms in total. The molecular formula is C12H13NO4. The van der Waals surface area contributed by atoms with Gasteiger partial charge in [-0.05, 0) is 25.0 Å². The van der Waals surface area contributed by atoms with Gasteiger partial charge in [-0.2, -0.15) is 0 Å². The number of nitrogens with two attached hydrogens (primary N) is 1. The Morgan fingerprint density at radius 1 is 1.29 bits per heavy atom. The SMILES string of the molecule is Nc1cc(C(=O)O)cc2c1OCC1(CC1)CO2. The number of aromatic carboxylic acids is 1. The molecule has 0 unspecified atom stereocenters. The highest BCUT2D eigenvalue weighted by molar-refractivity contribution is 5.90. The second-order valence-electron chi connectivity index (χ2n) is 4.78. The first-order chi connectivity index (χ1) is 8.10. The van der Waals surface area contributed by atoms with E-state index in [1.54, 1.807) is 0 Å². The molecule has 17 heavy (non-hydrogen) atoms. The van der Waals surface area contributed by atoms with E-state index in [2.05, 4.69) is 0 Å².